The molecule has 1 aliphatic rings. The van der Waals surface area contributed by atoms with Crippen LogP contribution in [0.15, 0.2) is 41.6 Å². The zero-order chi connectivity index (χ0) is 11.4. The third kappa shape index (κ3) is 2.52. The van der Waals surface area contributed by atoms with Crippen LogP contribution < -0.4 is 5.32 Å². The van der Waals surface area contributed by atoms with Crippen molar-refractivity contribution in [1.82, 2.24) is 10.1 Å². The fraction of sp³-hybridized carbons (Fsp3) is 0.250. The molecule has 0 amide bonds. The minimum Gasteiger partial charge on any atom is -0.383 e. The van der Waals surface area contributed by atoms with Crippen molar-refractivity contribution < 1.29 is 4.79 Å². The van der Waals surface area contributed by atoms with Crippen molar-refractivity contribution in [1.29, 1.82) is 0 Å². The van der Waals surface area contributed by atoms with E-state index in [4.69, 9.17) is 7.98 Å². The number of hydrogen-bond donors (Lipinski definition) is 1. The van der Waals surface area contributed by atoms with Gasteiger partial charge in [-0.2, -0.15) is 0 Å². The molecule has 80 valence electrons. The SMILES string of the molecule is [B]N1CC(C=O)=C(NCc2ccccc2)C1. The van der Waals surface area contributed by atoms with Gasteiger partial charge < -0.3 is 10.1 Å². The van der Waals surface area contributed by atoms with Crippen molar-refractivity contribution >= 4 is 14.3 Å². The normalized spacial score (nSPS) is 16.5. The molecule has 0 bridgehead atoms. The molecule has 0 aliphatic carbocycles. The molecule has 0 saturated heterocycles. The Morgan fingerprint density at radius 3 is 2.75 bits per heavy atom. The number of benzene rings is 1. The average Bonchev–Trinajstić information content (AvgIpc) is 2.68. The number of nitrogens with zero attached hydrogens (tertiary/aromatic N) is 1. The highest BCUT2D eigenvalue weighted by Crippen LogP contribution is 2.11. The van der Waals surface area contributed by atoms with E-state index in [1.807, 2.05) is 30.3 Å². The standard InChI is InChI=1S/C12H13BN2O/c13-15-7-11(9-16)12(8-15)14-6-10-4-2-1-3-5-10/h1-5,9,14H,6-8H2. The van der Waals surface area contributed by atoms with E-state index < -0.39 is 0 Å². The van der Waals surface area contributed by atoms with Crippen molar-refractivity contribution in [3.05, 3.63) is 47.2 Å². The molecule has 1 N–H and O–H groups in total. The molecule has 1 aliphatic heterocycles. The highest BCUT2D eigenvalue weighted by molar-refractivity contribution is 6.05. The topological polar surface area (TPSA) is 32.3 Å². The molecule has 2 rings (SSSR count). The van der Waals surface area contributed by atoms with Crippen LogP contribution in [0, 0.1) is 0 Å². The van der Waals surface area contributed by atoms with Gasteiger partial charge in [0, 0.05) is 30.9 Å². The lowest BCUT2D eigenvalue weighted by atomic mass is 10.2. The summed E-state index contributed by atoms with van der Waals surface area (Å²) >= 11 is 0. The van der Waals surface area contributed by atoms with E-state index in [0.29, 0.717) is 13.1 Å². The van der Waals surface area contributed by atoms with Crippen LogP contribution in [0.5, 0.6) is 0 Å². The van der Waals surface area contributed by atoms with Crippen LogP contribution in [0.4, 0.5) is 0 Å². The van der Waals surface area contributed by atoms with Gasteiger partial charge in [0.05, 0.1) is 0 Å². The first-order chi connectivity index (χ1) is 7.79. The number of carbonyl (C=O) groups is 1. The summed E-state index contributed by atoms with van der Waals surface area (Å²) in [6.45, 7) is 1.86. The molecule has 1 aromatic carbocycles. The van der Waals surface area contributed by atoms with E-state index in [-0.39, 0.29) is 0 Å². The van der Waals surface area contributed by atoms with Crippen molar-refractivity contribution in [2.24, 2.45) is 0 Å². The second-order valence-electron chi connectivity index (χ2n) is 3.87. The Morgan fingerprint density at radius 2 is 2.06 bits per heavy atom. The van der Waals surface area contributed by atoms with Gasteiger partial charge in [-0.3, -0.25) is 4.79 Å². The Labute approximate surface area is 96.6 Å². The van der Waals surface area contributed by atoms with Gasteiger partial charge in [-0.15, -0.1) is 0 Å². The van der Waals surface area contributed by atoms with Crippen molar-refractivity contribution in [3.63, 3.8) is 0 Å². The Bertz CT molecular complexity index is 403. The Kier molecular flexibility index (Phi) is 3.42. The third-order valence-electron chi connectivity index (χ3n) is 2.61. The largest absolute Gasteiger partial charge is 0.383 e. The number of hydrogen-bond acceptors (Lipinski definition) is 3. The van der Waals surface area contributed by atoms with Gasteiger partial charge in [0.15, 0.2) is 7.98 Å². The zero-order valence-electron chi connectivity index (χ0n) is 9.02. The first-order valence-electron chi connectivity index (χ1n) is 5.24. The highest BCUT2D eigenvalue weighted by atomic mass is 16.1. The summed E-state index contributed by atoms with van der Waals surface area (Å²) in [6, 6.07) is 10.1. The minimum atomic E-state index is 0.528. The molecule has 0 unspecified atom stereocenters. The van der Waals surface area contributed by atoms with Gasteiger partial charge in [0.2, 0.25) is 0 Å². The number of rotatable bonds is 4. The fourth-order valence-electron chi connectivity index (χ4n) is 1.76. The summed E-state index contributed by atoms with van der Waals surface area (Å²) in [4.78, 5) is 12.4. The third-order valence-corrected chi connectivity index (χ3v) is 2.61. The van der Waals surface area contributed by atoms with Crippen LogP contribution in [-0.4, -0.2) is 32.2 Å². The maximum absolute atomic E-state index is 10.8. The van der Waals surface area contributed by atoms with Crippen LogP contribution in [0.2, 0.25) is 0 Å². The van der Waals surface area contributed by atoms with Crippen LogP contribution in [-0.2, 0) is 11.3 Å². The molecule has 0 fully saturated rings. The van der Waals surface area contributed by atoms with Crippen molar-refractivity contribution in [2.45, 2.75) is 6.54 Å². The number of carbonyl (C=O) groups excluding carboxylic acids is 1. The van der Waals surface area contributed by atoms with Crippen LogP contribution in [0.3, 0.4) is 0 Å². The average molecular weight is 212 g/mol. The van der Waals surface area contributed by atoms with Gasteiger partial charge in [-0.1, -0.05) is 30.3 Å². The van der Waals surface area contributed by atoms with Gasteiger partial charge in [0.1, 0.15) is 6.29 Å². The second kappa shape index (κ2) is 4.99. The van der Waals surface area contributed by atoms with Gasteiger partial charge in [-0.25, -0.2) is 0 Å². The van der Waals surface area contributed by atoms with Crippen LogP contribution >= 0.6 is 0 Å². The lowest BCUT2D eigenvalue weighted by molar-refractivity contribution is -0.105. The van der Waals surface area contributed by atoms with E-state index in [0.717, 1.165) is 24.1 Å². The minimum absolute atomic E-state index is 0.528. The lowest BCUT2D eigenvalue weighted by Crippen LogP contribution is -2.21. The summed E-state index contributed by atoms with van der Waals surface area (Å²) in [6.07, 6.45) is 0.875. The molecular weight excluding hydrogens is 199 g/mol. The Balaban J connectivity index is 1.98. The molecule has 0 aromatic heterocycles. The summed E-state index contributed by atoms with van der Waals surface area (Å²) in [5.74, 6) is 0. The highest BCUT2D eigenvalue weighted by Gasteiger charge is 2.17. The van der Waals surface area contributed by atoms with E-state index in [9.17, 15) is 4.79 Å². The molecule has 1 aromatic rings. The Hall–Kier alpha value is -1.55. The predicted molar refractivity (Wildman–Crippen MR) is 63.7 cm³/mol. The van der Waals surface area contributed by atoms with E-state index >= 15 is 0 Å². The lowest BCUT2D eigenvalue weighted by Gasteiger charge is -2.10. The number of nitrogens with one attached hydrogen (secondary N) is 1. The zero-order valence-corrected chi connectivity index (χ0v) is 9.02. The van der Waals surface area contributed by atoms with Crippen LogP contribution in [0.1, 0.15) is 5.56 Å². The number of aldehydes is 1. The summed E-state index contributed by atoms with van der Waals surface area (Å²) in [5, 5.41) is 3.26. The summed E-state index contributed by atoms with van der Waals surface area (Å²) in [5.41, 5.74) is 2.87. The maximum Gasteiger partial charge on any atom is 0.183 e. The molecule has 1 heterocycles. The molecule has 0 atom stereocenters. The molecule has 16 heavy (non-hydrogen) atoms. The predicted octanol–water partition coefficient (Wildman–Crippen LogP) is 0.628. The van der Waals surface area contributed by atoms with E-state index in [1.165, 1.54) is 5.56 Å². The summed E-state index contributed by atoms with van der Waals surface area (Å²) in [7, 11) is 5.65. The van der Waals surface area contributed by atoms with Crippen molar-refractivity contribution in [3.8, 4) is 0 Å². The van der Waals surface area contributed by atoms with E-state index in [2.05, 4.69) is 5.32 Å². The van der Waals surface area contributed by atoms with Crippen molar-refractivity contribution in [2.75, 3.05) is 13.1 Å². The second-order valence-corrected chi connectivity index (χ2v) is 3.87. The molecule has 4 heteroatoms. The molecule has 0 spiro atoms. The van der Waals surface area contributed by atoms with Gasteiger partial charge in [0.25, 0.3) is 0 Å². The summed E-state index contributed by atoms with van der Waals surface area (Å²) < 4.78 is 0. The molecule has 3 nitrogen and oxygen atoms in total. The fourth-order valence-corrected chi connectivity index (χ4v) is 1.76. The maximum atomic E-state index is 10.8. The quantitative estimate of drug-likeness (QED) is 0.586. The van der Waals surface area contributed by atoms with Gasteiger partial charge >= 0.3 is 0 Å². The smallest absolute Gasteiger partial charge is 0.183 e. The first kappa shape index (κ1) is 11.0. The monoisotopic (exact) mass is 212 g/mol. The first-order valence-corrected chi connectivity index (χ1v) is 5.24. The van der Waals surface area contributed by atoms with E-state index in [1.54, 1.807) is 4.81 Å². The molecular formula is C12H13BN2O. The molecule has 0 saturated carbocycles. The van der Waals surface area contributed by atoms with Crippen LogP contribution in [0.25, 0.3) is 0 Å². The molecule has 2 radical (unpaired) electrons. The van der Waals surface area contributed by atoms with Gasteiger partial charge in [-0.05, 0) is 5.56 Å². The Morgan fingerprint density at radius 1 is 1.31 bits per heavy atom.